The van der Waals surface area contributed by atoms with Crippen LogP contribution in [0.25, 0.3) is 0 Å². The van der Waals surface area contributed by atoms with Crippen molar-refractivity contribution in [3.63, 3.8) is 0 Å². The van der Waals surface area contributed by atoms with Crippen LogP contribution < -0.4 is 29.6 Å². The third-order valence-electron chi connectivity index (χ3n) is 3.69. The zero-order valence-corrected chi connectivity index (χ0v) is 17.8. The SMILES string of the molecule is CCCCCCCC(CCCCCC(C)C)OS(=O)(=O)[O-].[Na+]. The molecule has 0 heterocycles. The first kappa shape index (κ1) is 25.1. The molecule has 0 saturated heterocycles. The summed E-state index contributed by atoms with van der Waals surface area (Å²) in [6.07, 6.45) is 10.9. The van der Waals surface area contributed by atoms with Crippen LogP contribution in [0.1, 0.15) is 91.4 Å². The summed E-state index contributed by atoms with van der Waals surface area (Å²) in [6, 6.07) is 0. The molecule has 0 radical (unpaired) electrons. The number of unbranched alkanes of at least 4 members (excludes halogenated alkanes) is 6. The second kappa shape index (κ2) is 15.4. The van der Waals surface area contributed by atoms with Gasteiger partial charge in [-0.1, -0.05) is 78.6 Å². The molecule has 0 rings (SSSR count). The summed E-state index contributed by atoms with van der Waals surface area (Å²) in [5.74, 6) is 0.706. The van der Waals surface area contributed by atoms with Gasteiger partial charge in [-0.25, -0.2) is 8.42 Å². The van der Waals surface area contributed by atoms with E-state index >= 15 is 0 Å². The zero-order valence-electron chi connectivity index (χ0n) is 15.0. The summed E-state index contributed by atoms with van der Waals surface area (Å²) in [5.41, 5.74) is 0. The van der Waals surface area contributed by atoms with Crippen LogP contribution in [0.5, 0.6) is 0 Å². The van der Waals surface area contributed by atoms with Crippen molar-refractivity contribution >= 4 is 10.4 Å². The molecule has 0 bridgehead atoms. The summed E-state index contributed by atoms with van der Waals surface area (Å²) in [6.45, 7) is 6.56. The van der Waals surface area contributed by atoms with Gasteiger partial charge in [-0.15, -0.1) is 0 Å². The average Bonchev–Trinajstić information content (AvgIpc) is 2.35. The van der Waals surface area contributed by atoms with Crippen molar-refractivity contribution in [1.29, 1.82) is 0 Å². The van der Waals surface area contributed by atoms with Crippen molar-refractivity contribution < 1.29 is 46.7 Å². The topological polar surface area (TPSA) is 66.4 Å². The smallest absolute Gasteiger partial charge is 0.726 e. The van der Waals surface area contributed by atoms with E-state index in [-0.39, 0.29) is 29.6 Å². The number of hydrogen-bond donors (Lipinski definition) is 0. The molecular weight excluding hydrogens is 311 g/mol. The summed E-state index contributed by atoms with van der Waals surface area (Å²) in [7, 11) is -4.58. The van der Waals surface area contributed by atoms with Gasteiger partial charge in [0, 0.05) is 0 Å². The predicted octanol–water partition coefficient (Wildman–Crippen LogP) is 1.80. The number of hydrogen-bond acceptors (Lipinski definition) is 4. The molecule has 6 heteroatoms. The van der Waals surface area contributed by atoms with Gasteiger partial charge in [0.2, 0.25) is 10.4 Å². The maximum Gasteiger partial charge on any atom is 1.00 e. The second-order valence-corrected chi connectivity index (χ2v) is 7.37. The predicted molar refractivity (Wildman–Crippen MR) is 85.9 cm³/mol. The van der Waals surface area contributed by atoms with E-state index in [1.165, 1.54) is 25.7 Å². The van der Waals surface area contributed by atoms with Crippen LogP contribution in [0.15, 0.2) is 0 Å². The summed E-state index contributed by atoms with van der Waals surface area (Å²) in [5, 5.41) is 0. The molecule has 1 atom stereocenters. The molecule has 4 nitrogen and oxygen atoms in total. The van der Waals surface area contributed by atoms with Gasteiger partial charge in [0.05, 0.1) is 6.10 Å². The monoisotopic (exact) mass is 344 g/mol. The number of rotatable bonds is 14. The van der Waals surface area contributed by atoms with Crippen molar-refractivity contribution in [2.45, 2.75) is 97.5 Å². The van der Waals surface area contributed by atoms with Crippen molar-refractivity contribution in [3.05, 3.63) is 0 Å². The van der Waals surface area contributed by atoms with E-state index in [9.17, 15) is 13.0 Å². The van der Waals surface area contributed by atoms with E-state index in [4.69, 9.17) is 0 Å². The van der Waals surface area contributed by atoms with Crippen molar-refractivity contribution in [3.8, 4) is 0 Å². The van der Waals surface area contributed by atoms with Gasteiger partial charge in [-0.2, -0.15) is 0 Å². The Bertz CT molecular complexity index is 331. The molecule has 0 spiro atoms. The van der Waals surface area contributed by atoms with Crippen molar-refractivity contribution in [1.82, 2.24) is 0 Å². The van der Waals surface area contributed by atoms with Crippen LogP contribution in [-0.2, 0) is 14.6 Å². The van der Waals surface area contributed by atoms with Gasteiger partial charge in [0.15, 0.2) is 0 Å². The minimum Gasteiger partial charge on any atom is -0.726 e. The first-order valence-electron chi connectivity index (χ1n) is 8.49. The van der Waals surface area contributed by atoms with Crippen LogP contribution in [0, 0.1) is 5.92 Å². The van der Waals surface area contributed by atoms with E-state index in [1.54, 1.807) is 0 Å². The molecular formula is C16H33NaO4S. The zero-order chi connectivity index (χ0) is 16.1. The van der Waals surface area contributed by atoms with Gasteiger partial charge < -0.3 is 4.55 Å². The molecule has 0 N–H and O–H groups in total. The largest absolute Gasteiger partial charge is 1.00 e. The fourth-order valence-electron chi connectivity index (χ4n) is 2.48. The normalized spacial score (nSPS) is 13.1. The van der Waals surface area contributed by atoms with Crippen molar-refractivity contribution in [2.24, 2.45) is 5.92 Å². The molecule has 22 heavy (non-hydrogen) atoms. The molecule has 0 amide bonds. The van der Waals surface area contributed by atoms with Crippen LogP contribution in [0.4, 0.5) is 0 Å². The Hall–Kier alpha value is 0.870. The molecule has 0 aliphatic carbocycles. The molecule has 0 aliphatic rings. The fraction of sp³-hybridized carbons (Fsp3) is 1.00. The third kappa shape index (κ3) is 18.9. The molecule has 0 aliphatic heterocycles. The summed E-state index contributed by atoms with van der Waals surface area (Å²) >= 11 is 0. The molecule has 0 aromatic rings. The van der Waals surface area contributed by atoms with E-state index in [1.807, 2.05) is 0 Å². The third-order valence-corrected chi connectivity index (χ3v) is 4.20. The quantitative estimate of drug-likeness (QED) is 0.209. The fourth-order valence-corrected chi connectivity index (χ4v) is 3.01. The van der Waals surface area contributed by atoms with Gasteiger partial charge in [-0.05, 0) is 18.8 Å². The van der Waals surface area contributed by atoms with E-state index in [0.29, 0.717) is 18.8 Å². The van der Waals surface area contributed by atoms with Gasteiger partial charge >= 0.3 is 29.6 Å². The van der Waals surface area contributed by atoms with Crippen molar-refractivity contribution in [2.75, 3.05) is 0 Å². The Balaban J connectivity index is 0. The van der Waals surface area contributed by atoms with E-state index in [2.05, 4.69) is 25.0 Å². The van der Waals surface area contributed by atoms with Gasteiger partial charge in [-0.3, -0.25) is 4.18 Å². The minimum absolute atomic E-state index is 0. The standard InChI is InChI=1S/C16H34O4S.Na/c1-4-5-6-7-10-13-16(20-21(17,18)19)14-11-8-9-12-15(2)3;/h15-16H,4-14H2,1-3H3,(H,17,18,19);/q;+1/p-1. The maximum atomic E-state index is 10.8. The maximum absolute atomic E-state index is 10.8. The Morgan fingerprint density at radius 1 is 0.864 bits per heavy atom. The van der Waals surface area contributed by atoms with E-state index < -0.39 is 16.5 Å². The summed E-state index contributed by atoms with van der Waals surface area (Å²) in [4.78, 5) is 0. The Labute approximate surface area is 160 Å². The first-order valence-corrected chi connectivity index (χ1v) is 9.82. The molecule has 0 aromatic carbocycles. The van der Waals surface area contributed by atoms with E-state index in [0.717, 1.165) is 32.1 Å². The molecule has 0 saturated carbocycles. The van der Waals surface area contributed by atoms with Gasteiger partial charge in [0.1, 0.15) is 0 Å². The van der Waals surface area contributed by atoms with Crippen LogP contribution in [-0.4, -0.2) is 19.1 Å². The second-order valence-electron chi connectivity index (χ2n) is 6.36. The van der Waals surface area contributed by atoms with Gasteiger partial charge in [0.25, 0.3) is 0 Å². The van der Waals surface area contributed by atoms with Crippen LogP contribution in [0.2, 0.25) is 0 Å². The molecule has 0 fully saturated rings. The van der Waals surface area contributed by atoms with Crippen LogP contribution in [0.3, 0.4) is 0 Å². The average molecular weight is 344 g/mol. The minimum atomic E-state index is -4.58. The Morgan fingerprint density at radius 3 is 1.77 bits per heavy atom. The van der Waals surface area contributed by atoms with Crippen LogP contribution >= 0.6 is 0 Å². The molecule has 1 unspecified atom stereocenters. The summed E-state index contributed by atoms with van der Waals surface area (Å²) < 4.78 is 37.0. The Kier molecular flexibility index (Phi) is 17.6. The molecule has 0 aromatic heterocycles. The first-order chi connectivity index (χ1) is 9.85. The Morgan fingerprint density at radius 2 is 1.32 bits per heavy atom. The molecule has 128 valence electrons.